The minimum Gasteiger partial charge on any atom is -0.497 e. The van der Waals surface area contributed by atoms with Crippen LogP contribution < -0.4 is 10.1 Å². The SMILES string of the molecule is COc1ccc2[nH]c(C)c(CC(=O)N(C(=O)OCc3ccccc3)[C@@H](CCCS(=O)(=O)CC(C)=O)C(=O)Nc3ccc4ccccc4c3)c2c1. The van der Waals surface area contributed by atoms with Crippen LogP contribution in [0.2, 0.25) is 0 Å². The van der Waals surface area contributed by atoms with Crippen molar-refractivity contribution in [3.63, 3.8) is 0 Å². The van der Waals surface area contributed by atoms with Gasteiger partial charge in [-0.15, -0.1) is 0 Å². The van der Waals surface area contributed by atoms with Gasteiger partial charge >= 0.3 is 6.09 Å². The predicted octanol–water partition coefficient (Wildman–Crippen LogP) is 6.14. The van der Waals surface area contributed by atoms with Crippen molar-refractivity contribution in [1.29, 1.82) is 0 Å². The van der Waals surface area contributed by atoms with Crippen molar-refractivity contribution in [2.45, 2.75) is 45.8 Å². The minimum absolute atomic E-state index is 0.107. The Bertz CT molecular complexity index is 2140. The van der Waals surface area contributed by atoms with Gasteiger partial charge in [0, 0.05) is 22.3 Å². The molecule has 0 aliphatic carbocycles. The number of carbonyl (C=O) groups excluding carboxylic acids is 4. The number of hydrogen-bond donors (Lipinski definition) is 2. The molecule has 0 unspecified atom stereocenters. The molecule has 11 nitrogen and oxygen atoms in total. The first-order valence-corrected chi connectivity index (χ1v) is 17.9. The number of Topliss-reactive ketones (excluding diaryl/α,β-unsaturated/α-hetero) is 1. The third-order valence-corrected chi connectivity index (χ3v) is 10.1. The number of amides is 3. The summed E-state index contributed by atoms with van der Waals surface area (Å²) >= 11 is 0. The molecule has 2 N–H and O–H groups in total. The second kappa shape index (κ2) is 15.8. The summed E-state index contributed by atoms with van der Waals surface area (Å²) in [5.74, 6) is -2.43. The van der Waals surface area contributed by atoms with Gasteiger partial charge in [0.25, 0.3) is 0 Å². The van der Waals surface area contributed by atoms with Crippen LogP contribution in [0.4, 0.5) is 10.5 Å². The Labute approximate surface area is 290 Å². The molecule has 50 heavy (non-hydrogen) atoms. The van der Waals surface area contributed by atoms with Gasteiger partial charge in [-0.3, -0.25) is 14.4 Å². The number of ether oxygens (including phenoxy) is 2. The smallest absolute Gasteiger partial charge is 0.417 e. The summed E-state index contributed by atoms with van der Waals surface area (Å²) in [6.07, 6.45) is -1.64. The third-order valence-electron chi connectivity index (χ3n) is 8.31. The number of H-pyrrole nitrogens is 1. The van der Waals surface area contributed by atoms with Gasteiger partial charge in [-0.25, -0.2) is 18.1 Å². The molecule has 12 heteroatoms. The molecule has 260 valence electrons. The molecule has 1 aromatic heterocycles. The van der Waals surface area contributed by atoms with Crippen molar-refractivity contribution in [2.75, 3.05) is 23.9 Å². The first-order valence-electron chi connectivity index (χ1n) is 16.1. The van der Waals surface area contributed by atoms with Gasteiger partial charge in [0.15, 0.2) is 9.84 Å². The molecular weight excluding hydrogens is 658 g/mol. The Balaban J connectivity index is 1.51. The average Bonchev–Trinajstić information content (AvgIpc) is 3.39. The molecule has 0 spiro atoms. The van der Waals surface area contributed by atoms with E-state index in [1.54, 1.807) is 55.5 Å². The zero-order valence-corrected chi connectivity index (χ0v) is 28.9. The number of carbonyl (C=O) groups is 4. The molecule has 1 heterocycles. The number of nitrogens with one attached hydrogen (secondary N) is 2. The van der Waals surface area contributed by atoms with Gasteiger partial charge in [0.2, 0.25) is 11.8 Å². The minimum atomic E-state index is -3.79. The lowest BCUT2D eigenvalue weighted by Crippen LogP contribution is -2.51. The summed E-state index contributed by atoms with van der Waals surface area (Å²) < 4.78 is 36.3. The van der Waals surface area contributed by atoms with E-state index in [0.29, 0.717) is 33.6 Å². The quantitative estimate of drug-likeness (QED) is 0.141. The number of aromatic nitrogens is 1. The van der Waals surface area contributed by atoms with Crippen LogP contribution in [0.25, 0.3) is 21.7 Å². The van der Waals surface area contributed by atoms with E-state index in [1.807, 2.05) is 42.5 Å². The number of hydrogen-bond acceptors (Lipinski definition) is 8. The van der Waals surface area contributed by atoms with Crippen molar-refractivity contribution in [3.8, 4) is 5.75 Å². The fraction of sp³-hybridized carbons (Fsp3) is 0.263. The lowest BCUT2D eigenvalue weighted by atomic mass is 10.0. The number of sulfone groups is 1. The number of fused-ring (bicyclic) bond motifs is 2. The van der Waals surface area contributed by atoms with Crippen molar-refractivity contribution in [1.82, 2.24) is 9.88 Å². The molecular formula is C38H39N3O8S. The van der Waals surface area contributed by atoms with E-state index in [0.717, 1.165) is 21.2 Å². The highest BCUT2D eigenvalue weighted by Gasteiger charge is 2.37. The topological polar surface area (TPSA) is 152 Å². The van der Waals surface area contributed by atoms with Crippen LogP contribution in [0.1, 0.15) is 36.6 Å². The van der Waals surface area contributed by atoms with Gasteiger partial charge < -0.3 is 19.8 Å². The van der Waals surface area contributed by atoms with Crippen LogP contribution in [0.15, 0.2) is 91.0 Å². The highest BCUT2D eigenvalue weighted by molar-refractivity contribution is 7.92. The summed E-state index contributed by atoms with van der Waals surface area (Å²) in [5, 5.41) is 5.34. The van der Waals surface area contributed by atoms with Crippen LogP contribution in [0.3, 0.4) is 0 Å². The normalized spacial score (nSPS) is 12.0. The van der Waals surface area contributed by atoms with Crippen LogP contribution >= 0.6 is 0 Å². The Hall–Kier alpha value is -5.49. The summed E-state index contributed by atoms with van der Waals surface area (Å²) in [5.41, 5.74) is 3.13. The molecule has 5 rings (SSSR count). The van der Waals surface area contributed by atoms with Gasteiger partial charge in [-0.1, -0.05) is 60.7 Å². The molecule has 0 radical (unpaired) electrons. The standard InChI is InChI=1S/C38H39N3O8S/c1-25(42)24-50(46,47)19-9-14-35(37(44)40-30-16-15-28-12-7-8-13-29(28)20-30)41(38(45)49-23-27-10-5-4-6-11-27)36(43)22-32-26(2)39-34-18-17-31(48-3)21-33(32)34/h4-8,10-13,15-18,20-21,35,39H,9,14,19,22-24H2,1-3H3,(H,40,44)/t35-/m0/s1. The zero-order valence-electron chi connectivity index (χ0n) is 28.1. The predicted molar refractivity (Wildman–Crippen MR) is 192 cm³/mol. The second-order valence-electron chi connectivity index (χ2n) is 12.1. The number of ketones is 1. The zero-order chi connectivity index (χ0) is 35.8. The number of imide groups is 1. The molecule has 0 saturated heterocycles. The molecule has 0 bridgehead atoms. The largest absolute Gasteiger partial charge is 0.497 e. The third kappa shape index (κ3) is 8.94. The van der Waals surface area contributed by atoms with E-state index < -0.39 is 51.1 Å². The lowest BCUT2D eigenvalue weighted by molar-refractivity contribution is -0.136. The highest BCUT2D eigenvalue weighted by Crippen LogP contribution is 2.28. The number of aromatic amines is 1. The Morgan fingerprint density at radius 1 is 0.900 bits per heavy atom. The van der Waals surface area contributed by atoms with E-state index in [1.165, 1.54) is 14.0 Å². The Morgan fingerprint density at radius 3 is 2.34 bits per heavy atom. The van der Waals surface area contributed by atoms with Gasteiger partial charge in [-0.2, -0.15) is 0 Å². The van der Waals surface area contributed by atoms with Crippen LogP contribution in [-0.4, -0.2) is 66.6 Å². The van der Waals surface area contributed by atoms with Crippen LogP contribution in [0.5, 0.6) is 5.75 Å². The Morgan fingerprint density at radius 2 is 1.62 bits per heavy atom. The second-order valence-corrected chi connectivity index (χ2v) is 14.3. The number of benzene rings is 4. The van der Waals surface area contributed by atoms with E-state index >= 15 is 0 Å². The van der Waals surface area contributed by atoms with Gasteiger partial charge in [0.1, 0.15) is 29.9 Å². The number of nitrogens with zero attached hydrogens (tertiary/aromatic N) is 1. The van der Waals surface area contributed by atoms with Gasteiger partial charge in [-0.05, 0) is 78.9 Å². The van der Waals surface area contributed by atoms with Crippen molar-refractivity contribution >= 4 is 60.9 Å². The summed E-state index contributed by atoms with van der Waals surface area (Å²) in [4.78, 5) is 58.0. The first kappa shape index (κ1) is 35.8. The molecule has 0 aliphatic heterocycles. The van der Waals surface area contributed by atoms with Gasteiger partial charge in [0.05, 0.1) is 19.3 Å². The number of rotatable bonds is 14. The monoisotopic (exact) mass is 697 g/mol. The van der Waals surface area contributed by atoms with E-state index in [2.05, 4.69) is 10.3 Å². The molecule has 4 aromatic carbocycles. The molecule has 1 atom stereocenters. The maximum atomic E-state index is 14.3. The summed E-state index contributed by atoms with van der Waals surface area (Å²) in [7, 11) is -2.26. The maximum Gasteiger partial charge on any atom is 0.417 e. The molecule has 3 amide bonds. The van der Waals surface area contributed by atoms with E-state index in [9.17, 15) is 27.6 Å². The van der Waals surface area contributed by atoms with E-state index in [-0.39, 0.29) is 25.9 Å². The maximum absolute atomic E-state index is 14.3. The van der Waals surface area contributed by atoms with Crippen molar-refractivity contribution in [2.24, 2.45) is 0 Å². The highest BCUT2D eigenvalue weighted by atomic mass is 32.2. The van der Waals surface area contributed by atoms with Crippen LogP contribution in [-0.2, 0) is 42.0 Å². The van der Waals surface area contributed by atoms with E-state index in [4.69, 9.17) is 9.47 Å². The number of methoxy groups -OCH3 is 1. The molecule has 5 aromatic rings. The molecule has 0 saturated carbocycles. The first-order chi connectivity index (χ1) is 23.9. The van der Waals surface area contributed by atoms with Crippen LogP contribution in [0, 0.1) is 6.92 Å². The lowest BCUT2D eigenvalue weighted by Gasteiger charge is -2.29. The fourth-order valence-electron chi connectivity index (χ4n) is 5.89. The number of aryl methyl sites for hydroxylation is 1. The molecule has 0 aliphatic rings. The number of anilines is 1. The average molecular weight is 698 g/mol. The van der Waals surface area contributed by atoms with Crippen molar-refractivity contribution in [3.05, 3.63) is 108 Å². The van der Waals surface area contributed by atoms with Crippen molar-refractivity contribution < 1.29 is 37.1 Å². The molecule has 0 fully saturated rings. The summed E-state index contributed by atoms with van der Waals surface area (Å²) in [6, 6.07) is 25.7. The fourth-order valence-corrected chi connectivity index (χ4v) is 7.26. The Kier molecular flexibility index (Phi) is 11.3. The summed E-state index contributed by atoms with van der Waals surface area (Å²) in [6.45, 7) is 2.82.